The summed E-state index contributed by atoms with van der Waals surface area (Å²) in [6.45, 7) is 8.81. The van der Waals surface area contributed by atoms with Crippen molar-refractivity contribution >= 4 is 0 Å². The first-order valence-electron chi connectivity index (χ1n) is 8.25. The highest BCUT2D eigenvalue weighted by atomic mass is 14.9. The summed E-state index contributed by atoms with van der Waals surface area (Å²) in [6, 6.07) is 8.19. The van der Waals surface area contributed by atoms with Gasteiger partial charge in [0.2, 0.25) is 0 Å². The minimum absolute atomic E-state index is 0.522. The molecule has 0 aliphatic heterocycles. The second kappa shape index (κ2) is 7.09. The Labute approximate surface area is 129 Å². The van der Waals surface area contributed by atoms with Gasteiger partial charge in [0.15, 0.2) is 0 Å². The number of aryl methyl sites for hydroxylation is 1. The molecule has 1 aromatic carbocycles. The van der Waals surface area contributed by atoms with Crippen molar-refractivity contribution in [3.05, 3.63) is 34.9 Å². The minimum Gasteiger partial charge on any atom is -0.312 e. The lowest BCUT2D eigenvalue weighted by Crippen LogP contribution is -2.33. The van der Waals surface area contributed by atoms with Crippen LogP contribution in [0.25, 0.3) is 0 Å². The molecule has 1 N–H and O–H groups in total. The number of nitrogens with zero attached hydrogens (tertiary/aromatic N) is 1. The smallest absolute Gasteiger partial charge is 0.0991 e. The van der Waals surface area contributed by atoms with Crippen LogP contribution in [-0.4, -0.2) is 6.54 Å². The van der Waals surface area contributed by atoms with Crippen molar-refractivity contribution in [1.29, 1.82) is 5.26 Å². The number of benzene rings is 1. The van der Waals surface area contributed by atoms with E-state index in [2.05, 4.69) is 38.2 Å². The van der Waals surface area contributed by atoms with E-state index in [9.17, 15) is 0 Å². The van der Waals surface area contributed by atoms with Crippen LogP contribution >= 0.6 is 0 Å². The van der Waals surface area contributed by atoms with E-state index in [-0.39, 0.29) is 0 Å². The molecule has 0 unspecified atom stereocenters. The normalized spacial score (nSPS) is 17.1. The van der Waals surface area contributed by atoms with Crippen molar-refractivity contribution in [2.75, 3.05) is 6.54 Å². The summed E-state index contributed by atoms with van der Waals surface area (Å²) < 4.78 is 0. The van der Waals surface area contributed by atoms with Crippen molar-refractivity contribution in [3.63, 3.8) is 0 Å². The molecule has 0 spiro atoms. The molecule has 2 heteroatoms. The molecule has 1 aliphatic rings. The van der Waals surface area contributed by atoms with Crippen LogP contribution in [0.4, 0.5) is 0 Å². The molecule has 0 atom stereocenters. The fourth-order valence-corrected chi connectivity index (χ4v) is 3.87. The van der Waals surface area contributed by atoms with Crippen molar-refractivity contribution < 1.29 is 0 Å². The van der Waals surface area contributed by atoms with E-state index in [1.807, 2.05) is 12.1 Å². The Morgan fingerprint density at radius 1 is 1.29 bits per heavy atom. The molecule has 21 heavy (non-hydrogen) atoms. The zero-order valence-corrected chi connectivity index (χ0v) is 13.7. The first-order chi connectivity index (χ1) is 10.0. The zero-order valence-electron chi connectivity index (χ0n) is 13.7. The van der Waals surface area contributed by atoms with E-state index in [0.29, 0.717) is 5.41 Å². The molecule has 0 bridgehead atoms. The number of nitrogens with one attached hydrogen (secondary N) is 1. The van der Waals surface area contributed by atoms with Crippen LogP contribution in [0.2, 0.25) is 0 Å². The third-order valence-electron chi connectivity index (χ3n) is 4.79. The Hall–Kier alpha value is -1.33. The number of hydrogen-bond acceptors (Lipinski definition) is 2. The van der Waals surface area contributed by atoms with Crippen LogP contribution in [0.15, 0.2) is 18.2 Å². The van der Waals surface area contributed by atoms with Gasteiger partial charge < -0.3 is 5.32 Å². The van der Waals surface area contributed by atoms with Gasteiger partial charge in [-0.3, -0.25) is 0 Å². The van der Waals surface area contributed by atoms with Crippen LogP contribution in [-0.2, 0) is 6.54 Å². The average Bonchev–Trinajstić information content (AvgIpc) is 2.88. The molecule has 2 rings (SSSR count). The molecule has 1 aromatic rings. The summed E-state index contributed by atoms with van der Waals surface area (Å²) in [4.78, 5) is 0. The first kappa shape index (κ1) is 16.0. The van der Waals surface area contributed by atoms with Crippen molar-refractivity contribution in [2.45, 2.75) is 59.4 Å². The Kier molecular flexibility index (Phi) is 5.42. The van der Waals surface area contributed by atoms with Crippen molar-refractivity contribution in [1.82, 2.24) is 5.32 Å². The van der Waals surface area contributed by atoms with E-state index >= 15 is 0 Å². The molecule has 0 amide bonds. The lowest BCUT2D eigenvalue weighted by Gasteiger charge is -2.31. The molecule has 1 saturated carbocycles. The topological polar surface area (TPSA) is 35.8 Å². The van der Waals surface area contributed by atoms with Crippen LogP contribution in [0, 0.1) is 29.6 Å². The molecular weight excluding hydrogens is 256 g/mol. The molecule has 1 fully saturated rings. The monoisotopic (exact) mass is 284 g/mol. The summed E-state index contributed by atoms with van der Waals surface area (Å²) in [7, 11) is 0. The van der Waals surface area contributed by atoms with Gasteiger partial charge in [-0.15, -0.1) is 0 Å². The van der Waals surface area contributed by atoms with Gasteiger partial charge in [-0.05, 0) is 60.8 Å². The van der Waals surface area contributed by atoms with Gasteiger partial charge in [0.25, 0.3) is 0 Å². The van der Waals surface area contributed by atoms with E-state index in [1.165, 1.54) is 43.2 Å². The summed E-state index contributed by atoms with van der Waals surface area (Å²) >= 11 is 0. The molecule has 0 aromatic heterocycles. The summed E-state index contributed by atoms with van der Waals surface area (Å²) in [6.07, 6.45) is 6.88. The molecule has 0 saturated heterocycles. The highest BCUT2D eigenvalue weighted by Gasteiger charge is 2.33. The van der Waals surface area contributed by atoms with Gasteiger partial charge in [-0.25, -0.2) is 0 Å². The van der Waals surface area contributed by atoms with Gasteiger partial charge in [-0.2, -0.15) is 5.26 Å². The van der Waals surface area contributed by atoms with Gasteiger partial charge in [0.1, 0.15) is 0 Å². The quantitative estimate of drug-likeness (QED) is 0.831. The number of nitriles is 1. The maximum Gasteiger partial charge on any atom is 0.0991 e. The summed E-state index contributed by atoms with van der Waals surface area (Å²) in [5, 5.41) is 12.6. The maximum absolute atomic E-state index is 8.92. The molecule has 0 radical (unpaired) electrons. The highest BCUT2D eigenvalue weighted by Crippen LogP contribution is 2.42. The number of hydrogen-bond donors (Lipinski definition) is 1. The van der Waals surface area contributed by atoms with E-state index in [0.717, 1.165) is 24.6 Å². The van der Waals surface area contributed by atoms with Crippen LogP contribution in [0.5, 0.6) is 0 Å². The average molecular weight is 284 g/mol. The SMILES string of the molecule is Cc1cc(C#N)ccc1CNCC1(CC(C)C)CCCC1. The third kappa shape index (κ3) is 4.32. The van der Waals surface area contributed by atoms with Crippen molar-refractivity contribution in [2.24, 2.45) is 11.3 Å². The van der Waals surface area contributed by atoms with Crippen molar-refractivity contribution in [3.8, 4) is 6.07 Å². The fraction of sp³-hybridized carbons (Fsp3) is 0.632. The Morgan fingerprint density at radius 2 is 2.00 bits per heavy atom. The second-order valence-corrected chi connectivity index (χ2v) is 7.16. The van der Waals surface area contributed by atoms with Gasteiger partial charge in [0, 0.05) is 13.1 Å². The van der Waals surface area contributed by atoms with E-state index in [4.69, 9.17) is 5.26 Å². The second-order valence-electron chi connectivity index (χ2n) is 7.16. The molecular formula is C19H28N2. The third-order valence-corrected chi connectivity index (χ3v) is 4.79. The Morgan fingerprint density at radius 3 is 2.57 bits per heavy atom. The maximum atomic E-state index is 8.92. The molecule has 114 valence electrons. The Bertz CT molecular complexity index is 505. The first-order valence-corrected chi connectivity index (χ1v) is 8.25. The van der Waals surface area contributed by atoms with E-state index in [1.54, 1.807) is 0 Å². The predicted octanol–water partition coefficient (Wildman–Crippen LogP) is 4.56. The minimum atomic E-state index is 0.522. The van der Waals surface area contributed by atoms with Crippen LogP contribution in [0.1, 0.15) is 62.6 Å². The standard InChI is InChI=1S/C19H28N2/c1-15(2)11-19(8-4-5-9-19)14-21-13-18-7-6-17(12-20)10-16(18)3/h6-7,10,15,21H,4-5,8-9,11,13-14H2,1-3H3. The fourth-order valence-electron chi connectivity index (χ4n) is 3.87. The van der Waals surface area contributed by atoms with Crippen LogP contribution < -0.4 is 5.32 Å². The highest BCUT2D eigenvalue weighted by molar-refractivity contribution is 5.37. The van der Waals surface area contributed by atoms with Gasteiger partial charge in [0.05, 0.1) is 11.6 Å². The molecule has 1 aliphatic carbocycles. The summed E-state index contributed by atoms with van der Waals surface area (Å²) in [5.41, 5.74) is 3.80. The van der Waals surface area contributed by atoms with Gasteiger partial charge in [-0.1, -0.05) is 32.8 Å². The predicted molar refractivity (Wildman–Crippen MR) is 88.0 cm³/mol. The number of rotatable bonds is 6. The largest absolute Gasteiger partial charge is 0.312 e. The molecule has 2 nitrogen and oxygen atoms in total. The van der Waals surface area contributed by atoms with E-state index < -0.39 is 0 Å². The van der Waals surface area contributed by atoms with Gasteiger partial charge >= 0.3 is 0 Å². The molecule has 0 heterocycles. The zero-order chi connectivity index (χ0) is 15.3. The Balaban J connectivity index is 1.92. The summed E-state index contributed by atoms with van der Waals surface area (Å²) in [5.74, 6) is 0.779. The lowest BCUT2D eigenvalue weighted by atomic mass is 9.78. The van der Waals surface area contributed by atoms with Crippen LogP contribution in [0.3, 0.4) is 0 Å². The lowest BCUT2D eigenvalue weighted by molar-refractivity contribution is 0.223.